The molecule has 0 fully saturated rings. The van der Waals surface area contributed by atoms with Crippen LogP contribution in [-0.4, -0.2) is 23.2 Å². The lowest BCUT2D eigenvalue weighted by molar-refractivity contribution is 0.244. The number of aliphatic hydroxyl groups excluding tert-OH is 1. The van der Waals surface area contributed by atoms with E-state index in [1.54, 1.807) is 0 Å². The Hall–Kier alpha value is -0.610. The Morgan fingerprint density at radius 3 is 3.00 bits per heavy atom. The van der Waals surface area contributed by atoms with Gasteiger partial charge in [-0.1, -0.05) is 13.0 Å². The highest BCUT2D eigenvalue weighted by molar-refractivity contribution is 9.10. The van der Waals surface area contributed by atoms with Gasteiger partial charge in [-0.2, -0.15) is 0 Å². The molecule has 72 valence electrons. The third-order valence-electron chi connectivity index (χ3n) is 1.66. The van der Waals surface area contributed by atoms with E-state index in [0.29, 0.717) is 0 Å². The second-order valence-electron chi connectivity index (χ2n) is 3.01. The number of nitrogens with zero attached hydrogens (tertiary/aromatic N) is 1. The van der Waals surface area contributed by atoms with Crippen LogP contribution in [0.1, 0.15) is 6.92 Å². The minimum Gasteiger partial charge on any atom is -0.396 e. The third-order valence-corrected chi connectivity index (χ3v) is 2.10. The molecule has 0 aromatic carbocycles. The Kier molecular flexibility index (Phi) is 4.18. The maximum Gasteiger partial charge on any atom is 0.127 e. The van der Waals surface area contributed by atoms with Crippen molar-refractivity contribution in [1.29, 1.82) is 0 Å². The Bertz CT molecular complexity index is 268. The van der Waals surface area contributed by atoms with Crippen LogP contribution in [0.3, 0.4) is 0 Å². The quantitative estimate of drug-likeness (QED) is 0.796. The Morgan fingerprint density at radius 2 is 2.38 bits per heavy atom. The second kappa shape index (κ2) is 5.19. The highest BCUT2D eigenvalue weighted by atomic mass is 79.9. The average Bonchev–Trinajstić information content (AvgIpc) is 2.14. The lowest BCUT2D eigenvalue weighted by Gasteiger charge is -2.09. The number of hydrogen-bond donors (Lipinski definition) is 2. The molecule has 0 aliphatic rings. The molecule has 3 nitrogen and oxygen atoms in total. The monoisotopic (exact) mass is 244 g/mol. The van der Waals surface area contributed by atoms with Crippen LogP contribution in [0, 0.1) is 5.92 Å². The second-order valence-corrected chi connectivity index (χ2v) is 3.83. The molecule has 0 radical (unpaired) electrons. The van der Waals surface area contributed by atoms with Crippen molar-refractivity contribution in [3.05, 3.63) is 22.8 Å². The number of pyridine rings is 1. The van der Waals surface area contributed by atoms with E-state index in [0.717, 1.165) is 17.0 Å². The van der Waals surface area contributed by atoms with Crippen molar-refractivity contribution in [2.75, 3.05) is 18.5 Å². The molecule has 2 N–H and O–H groups in total. The van der Waals surface area contributed by atoms with Crippen LogP contribution in [0.5, 0.6) is 0 Å². The fourth-order valence-electron chi connectivity index (χ4n) is 0.850. The number of aliphatic hydroxyl groups is 1. The van der Waals surface area contributed by atoms with E-state index in [1.807, 2.05) is 25.1 Å². The van der Waals surface area contributed by atoms with Crippen molar-refractivity contribution in [2.24, 2.45) is 5.92 Å². The number of anilines is 1. The van der Waals surface area contributed by atoms with Crippen molar-refractivity contribution < 1.29 is 5.11 Å². The average molecular weight is 245 g/mol. The molecule has 1 unspecified atom stereocenters. The molecular weight excluding hydrogens is 232 g/mol. The van der Waals surface area contributed by atoms with E-state index in [9.17, 15) is 0 Å². The number of halogens is 1. The summed E-state index contributed by atoms with van der Waals surface area (Å²) in [6.07, 6.45) is 0. The van der Waals surface area contributed by atoms with E-state index in [-0.39, 0.29) is 12.5 Å². The Morgan fingerprint density at radius 1 is 1.62 bits per heavy atom. The highest BCUT2D eigenvalue weighted by Crippen LogP contribution is 2.10. The van der Waals surface area contributed by atoms with Gasteiger partial charge in [0.05, 0.1) is 0 Å². The number of nitrogens with one attached hydrogen (secondary N) is 1. The van der Waals surface area contributed by atoms with Crippen LogP contribution < -0.4 is 5.32 Å². The molecule has 0 aliphatic heterocycles. The molecule has 0 aliphatic carbocycles. The molecule has 1 aromatic heterocycles. The molecule has 0 saturated heterocycles. The first-order chi connectivity index (χ1) is 6.22. The topological polar surface area (TPSA) is 45.1 Å². The van der Waals surface area contributed by atoms with Crippen LogP contribution in [0.25, 0.3) is 0 Å². The summed E-state index contributed by atoms with van der Waals surface area (Å²) in [6.45, 7) is 2.91. The largest absolute Gasteiger partial charge is 0.396 e. The highest BCUT2D eigenvalue weighted by Gasteiger charge is 1.99. The van der Waals surface area contributed by atoms with E-state index < -0.39 is 0 Å². The molecule has 0 spiro atoms. The van der Waals surface area contributed by atoms with Crippen LogP contribution in [0.2, 0.25) is 0 Å². The Labute approximate surface area is 86.3 Å². The summed E-state index contributed by atoms with van der Waals surface area (Å²) in [4.78, 5) is 4.20. The van der Waals surface area contributed by atoms with Crippen molar-refractivity contribution in [3.8, 4) is 0 Å². The van der Waals surface area contributed by atoms with Gasteiger partial charge in [-0.05, 0) is 34.0 Å². The zero-order chi connectivity index (χ0) is 9.68. The van der Waals surface area contributed by atoms with Gasteiger partial charge in [0.1, 0.15) is 10.4 Å². The number of rotatable bonds is 4. The van der Waals surface area contributed by atoms with Gasteiger partial charge in [0, 0.05) is 13.2 Å². The summed E-state index contributed by atoms with van der Waals surface area (Å²) in [5.41, 5.74) is 0. The lowest BCUT2D eigenvalue weighted by atomic mass is 10.2. The molecule has 1 rings (SSSR count). The predicted octanol–water partition coefficient (Wildman–Crippen LogP) is 1.88. The van der Waals surface area contributed by atoms with Crippen molar-refractivity contribution in [2.45, 2.75) is 6.92 Å². The molecule has 13 heavy (non-hydrogen) atoms. The minimum atomic E-state index is 0.195. The van der Waals surface area contributed by atoms with Gasteiger partial charge in [0.15, 0.2) is 0 Å². The number of aromatic nitrogens is 1. The molecule has 0 amide bonds. The standard InChI is InChI=1S/C9H13BrN2O/c1-7(6-13)5-11-9-4-2-3-8(10)12-9/h2-4,7,13H,5-6H2,1H3,(H,11,12). The molecule has 4 heteroatoms. The summed E-state index contributed by atoms with van der Waals surface area (Å²) < 4.78 is 0.814. The maximum absolute atomic E-state index is 8.80. The zero-order valence-corrected chi connectivity index (χ0v) is 9.08. The van der Waals surface area contributed by atoms with Gasteiger partial charge in [0.2, 0.25) is 0 Å². The van der Waals surface area contributed by atoms with Crippen molar-refractivity contribution in [3.63, 3.8) is 0 Å². The van der Waals surface area contributed by atoms with Crippen LogP contribution in [-0.2, 0) is 0 Å². The maximum atomic E-state index is 8.80. The lowest BCUT2D eigenvalue weighted by Crippen LogP contribution is -2.15. The molecular formula is C9H13BrN2O. The summed E-state index contributed by atoms with van der Waals surface area (Å²) >= 11 is 3.29. The van der Waals surface area contributed by atoms with Gasteiger partial charge in [-0.25, -0.2) is 4.98 Å². The van der Waals surface area contributed by atoms with Crippen molar-refractivity contribution >= 4 is 21.7 Å². The smallest absolute Gasteiger partial charge is 0.127 e. The van der Waals surface area contributed by atoms with Crippen LogP contribution in [0.15, 0.2) is 22.8 Å². The van der Waals surface area contributed by atoms with E-state index in [2.05, 4.69) is 26.2 Å². The van der Waals surface area contributed by atoms with Crippen LogP contribution >= 0.6 is 15.9 Å². The molecule has 1 atom stereocenters. The van der Waals surface area contributed by atoms with E-state index in [1.165, 1.54) is 0 Å². The fraction of sp³-hybridized carbons (Fsp3) is 0.444. The van der Waals surface area contributed by atoms with Crippen molar-refractivity contribution in [1.82, 2.24) is 4.98 Å². The Balaban J connectivity index is 2.45. The summed E-state index contributed by atoms with van der Waals surface area (Å²) in [5, 5.41) is 11.9. The van der Waals surface area contributed by atoms with Gasteiger partial charge >= 0.3 is 0 Å². The summed E-state index contributed by atoms with van der Waals surface area (Å²) in [5.74, 6) is 1.08. The summed E-state index contributed by atoms with van der Waals surface area (Å²) in [7, 11) is 0. The first-order valence-electron chi connectivity index (χ1n) is 4.19. The molecule has 0 saturated carbocycles. The van der Waals surface area contributed by atoms with Gasteiger partial charge in [-0.15, -0.1) is 0 Å². The van der Waals surface area contributed by atoms with E-state index in [4.69, 9.17) is 5.11 Å². The third kappa shape index (κ3) is 3.74. The number of hydrogen-bond acceptors (Lipinski definition) is 3. The summed E-state index contributed by atoms with van der Waals surface area (Å²) in [6, 6.07) is 5.69. The van der Waals surface area contributed by atoms with Gasteiger partial charge < -0.3 is 10.4 Å². The first kappa shape index (κ1) is 10.5. The van der Waals surface area contributed by atoms with E-state index >= 15 is 0 Å². The zero-order valence-electron chi connectivity index (χ0n) is 7.50. The van der Waals surface area contributed by atoms with Gasteiger partial charge in [-0.3, -0.25) is 0 Å². The van der Waals surface area contributed by atoms with Crippen LogP contribution in [0.4, 0.5) is 5.82 Å². The predicted molar refractivity (Wildman–Crippen MR) is 56.7 cm³/mol. The molecule has 1 aromatic rings. The SMILES string of the molecule is CC(CO)CNc1cccc(Br)n1. The normalized spacial score (nSPS) is 12.5. The minimum absolute atomic E-state index is 0.195. The molecule has 0 bridgehead atoms. The fourth-order valence-corrected chi connectivity index (χ4v) is 1.19. The molecule has 1 heterocycles. The first-order valence-corrected chi connectivity index (χ1v) is 4.99. The van der Waals surface area contributed by atoms with Gasteiger partial charge in [0.25, 0.3) is 0 Å².